The van der Waals surface area contributed by atoms with Crippen LogP contribution < -0.4 is 10.6 Å². The summed E-state index contributed by atoms with van der Waals surface area (Å²) in [6.07, 6.45) is 3.84. The lowest BCUT2D eigenvalue weighted by Crippen LogP contribution is -2.51. The minimum absolute atomic E-state index is 0.129. The highest BCUT2D eigenvalue weighted by Crippen LogP contribution is 2.34. The van der Waals surface area contributed by atoms with Crippen molar-refractivity contribution in [3.8, 4) is 11.4 Å². The van der Waals surface area contributed by atoms with E-state index in [1.165, 1.54) is 0 Å². The van der Waals surface area contributed by atoms with E-state index >= 15 is 0 Å². The molecule has 1 amide bonds. The third-order valence-electron chi connectivity index (χ3n) is 7.00. The molecule has 0 spiro atoms. The van der Waals surface area contributed by atoms with Crippen LogP contribution in [-0.2, 0) is 9.47 Å². The van der Waals surface area contributed by atoms with Gasteiger partial charge in [-0.25, -0.2) is 19.7 Å². The van der Waals surface area contributed by atoms with Crippen LogP contribution in [0, 0.1) is 0 Å². The zero-order valence-electron chi connectivity index (χ0n) is 23.0. The molecule has 2 aliphatic heterocycles. The SMILES string of the molecule is C=CCC(N1CCN(C(=O)OC(C)(C)C)CC1)n1c(-c2cccnc2N)nc2ccc(N3CCOCC3)nc21. The number of fused-ring (bicyclic) bond motifs is 1. The Kier molecular flexibility index (Phi) is 7.72. The van der Waals surface area contributed by atoms with Crippen LogP contribution in [0.4, 0.5) is 16.4 Å². The lowest BCUT2D eigenvalue weighted by atomic mass is 10.2. The van der Waals surface area contributed by atoms with Crippen LogP contribution in [0.5, 0.6) is 0 Å². The Balaban J connectivity index is 1.53. The quantitative estimate of drug-likeness (QED) is 0.474. The van der Waals surface area contributed by atoms with Gasteiger partial charge in [0.1, 0.15) is 28.6 Å². The molecule has 3 aromatic rings. The number of nitrogens with two attached hydrogens (primary N) is 1. The van der Waals surface area contributed by atoms with Crippen molar-refractivity contribution >= 4 is 28.9 Å². The van der Waals surface area contributed by atoms with Crippen molar-refractivity contribution in [3.05, 3.63) is 43.1 Å². The number of nitrogens with zero attached hydrogens (tertiary/aromatic N) is 7. The van der Waals surface area contributed by atoms with Crippen LogP contribution in [0.1, 0.15) is 33.4 Å². The van der Waals surface area contributed by atoms with Crippen molar-refractivity contribution in [3.63, 3.8) is 0 Å². The molecular formula is C28H38N8O3. The third kappa shape index (κ3) is 5.84. The molecule has 2 fully saturated rings. The summed E-state index contributed by atoms with van der Waals surface area (Å²) in [6, 6.07) is 7.84. The van der Waals surface area contributed by atoms with Gasteiger partial charge in [-0.05, 0) is 51.5 Å². The number of hydrogen-bond donors (Lipinski definition) is 1. The maximum absolute atomic E-state index is 12.7. The van der Waals surface area contributed by atoms with Crippen LogP contribution in [-0.4, -0.2) is 93.5 Å². The lowest BCUT2D eigenvalue weighted by molar-refractivity contribution is 0.00582. The summed E-state index contributed by atoms with van der Waals surface area (Å²) < 4.78 is 13.3. The summed E-state index contributed by atoms with van der Waals surface area (Å²) >= 11 is 0. The molecule has 2 aliphatic rings. The van der Waals surface area contributed by atoms with Gasteiger partial charge in [-0.3, -0.25) is 9.47 Å². The minimum atomic E-state index is -0.530. The Hall–Kier alpha value is -3.70. The number of carbonyl (C=O) groups excluding carboxylic acids is 1. The molecule has 208 valence electrons. The van der Waals surface area contributed by atoms with E-state index in [0.29, 0.717) is 57.5 Å². The Labute approximate surface area is 229 Å². The first kappa shape index (κ1) is 26.9. The largest absolute Gasteiger partial charge is 0.444 e. The predicted octanol–water partition coefficient (Wildman–Crippen LogP) is 3.54. The summed E-state index contributed by atoms with van der Waals surface area (Å²) in [4.78, 5) is 33.5. The van der Waals surface area contributed by atoms with Gasteiger partial charge in [0.25, 0.3) is 0 Å². The highest BCUT2D eigenvalue weighted by atomic mass is 16.6. The number of carbonyl (C=O) groups is 1. The van der Waals surface area contributed by atoms with Crippen molar-refractivity contribution < 1.29 is 14.3 Å². The molecule has 1 unspecified atom stereocenters. The predicted molar refractivity (Wildman–Crippen MR) is 151 cm³/mol. The van der Waals surface area contributed by atoms with E-state index in [1.807, 2.05) is 51.1 Å². The first-order valence-corrected chi connectivity index (χ1v) is 13.5. The fourth-order valence-corrected chi connectivity index (χ4v) is 5.11. The smallest absolute Gasteiger partial charge is 0.410 e. The molecule has 3 aromatic heterocycles. The van der Waals surface area contributed by atoms with Gasteiger partial charge in [0.05, 0.1) is 24.9 Å². The number of amides is 1. The van der Waals surface area contributed by atoms with Gasteiger partial charge in [0.2, 0.25) is 0 Å². The second-order valence-corrected chi connectivity index (χ2v) is 10.9. The van der Waals surface area contributed by atoms with Crippen molar-refractivity contribution in [1.29, 1.82) is 0 Å². The van der Waals surface area contributed by atoms with Gasteiger partial charge in [-0.2, -0.15) is 0 Å². The molecule has 0 aliphatic carbocycles. The van der Waals surface area contributed by atoms with Gasteiger partial charge in [-0.1, -0.05) is 6.08 Å². The second-order valence-electron chi connectivity index (χ2n) is 10.9. The highest BCUT2D eigenvalue weighted by molar-refractivity contribution is 5.81. The molecule has 2 N–H and O–H groups in total. The number of morpholine rings is 1. The van der Waals surface area contributed by atoms with Crippen molar-refractivity contribution in [2.45, 2.75) is 39.0 Å². The molecule has 5 heterocycles. The third-order valence-corrected chi connectivity index (χ3v) is 7.00. The van der Waals surface area contributed by atoms with Crippen molar-refractivity contribution in [2.75, 3.05) is 63.1 Å². The average Bonchev–Trinajstić information content (AvgIpc) is 3.30. The van der Waals surface area contributed by atoms with Crippen molar-refractivity contribution in [2.24, 2.45) is 0 Å². The number of piperazine rings is 1. The van der Waals surface area contributed by atoms with Crippen LogP contribution >= 0.6 is 0 Å². The number of ether oxygens (including phenoxy) is 2. The van der Waals surface area contributed by atoms with E-state index in [0.717, 1.165) is 35.6 Å². The number of nitrogen functional groups attached to an aromatic ring is 1. The van der Waals surface area contributed by atoms with Gasteiger partial charge < -0.3 is 25.0 Å². The molecule has 0 bridgehead atoms. The summed E-state index contributed by atoms with van der Waals surface area (Å²) in [5.41, 5.74) is 8.13. The maximum Gasteiger partial charge on any atom is 0.410 e. The summed E-state index contributed by atoms with van der Waals surface area (Å²) in [6.45, 7) is 15.1. The molecule has 39 heavy (non-hydrogen) atoms. The monoisotopic (exact) mass is 534 g/mol. The van der Waals surface area contributed by atoms with E-state index in [-0.39, 0.29) is 12.3 Å². The Bertz CT molecular complexity index is 1320. The molecule has 5 rings (SSSR count). The Morgan fingerprint density at radius 3 is 2.54 bits per heavy atom. The fraction of sp³-hybridized carbons (Fsp3) is 0.500. The van der Waals surface area contributed by atoms with Crippen molar-refractivity contribution in [1.82, 2.24) is 29.3 Å². The Morgan fingerprint density at radius 2 is 1.87 bits per heavy atom. The lowest BCUT2D eigenvalue weighted by Gasteiger charge is -2.40. The topological polar surface area (TPSA) is 115 Å². The molecule has 0 aromatic carbocycles. The summed E-state index contributed by atoms with van der Waals surface area (Å²) in [5.74, 6) is 2.02. The van der Waals surface area contributed by atoms with Crippen LogP contribution in [0.3, 0.4) is 0 Å². The zero-order valence-corrected chi connectivity index (χ0v) is 23.0. The number of anilines is 2. The Morgan fingerprint density at radius 1 is 1.13 bits per heavy atom. The van der Waals surface area contributed by atoms with E-state index in [9.17, 15) is 4.79 Å². The minimum Gasteiger partial charge on any atom is -0.444 e. The standard InChI is InChI=1S/C28H38N8O3/c1-5-7-23(34-12-14-35(15-13-34)27(37)39-28(2,3)4)36-25(20-8-6-11-30-24(20)29)31-21-9-10-22(32-26(21)36)33-16-18-38-19-17-33/h5-6,8-11,23H,1,7,12-19H2,2-4H3,(H2,29,30). The maximum atomic E-state index is 12.7. The second kappa shape index (κ2) is 11.2. The van der Waals surface area contributed by atoms with Gasteiger partial charge in [0.15, 0.2) is 5.65 Å². The average molecular weight is 535 g/mol. The van der Waals surface area contributed by atoms with E-state index < -0.39 is 5.60 Å². The van der Waals surface area contributed by atoms with Gasteiger partial charge in [-0.15, -0.1) is 6.58 Å². The number of hydrogen-bond acceptors (Lipinski definition) is 9. The molecule has 2 saturated heterocycles. The zero-order chi connectivity index (χ0) is 27.6. The summed E-state index contributed by atoms with van der Waals surface area (Å²) in [5, 5.41) is 0. The number of aromatic nitrogens is 4. The first-order valence-electron chi connectivity index (χ1n) is 13.5. The normalized spacial score (nSPS) is 17.8. The van der Waals surface area contributed by atoms with Crippen LogP contribution in [0.25, 0.3) is 22.6 Å². The molecular weight excluding hydrogens is 496 g/mol. The van der Waals surface area contributed by atoms with Crippen LogP contribution in [0.2, 0.25) is 0 Å². The molecule has 1 atom stereocenters. The van der Waals surface area contributed by atoms with Crippen LogP contribution in [0.15, 0.2) is 43.1 Å². The van der Waals surface area contributed by atoms with Gasteiger partial charge >= 0.3 is 6.09 Å². The first-order chi connectivity index (χ1) is 18.7. The molecule has 11 heteroatoms. The number of pyridine rings is 2. The highest BCUT2D eigenvalue weighted by Gasteiger charge is 2.32. The number of imidazole rings is 1. The summed E-state index contributed by atoms with van der Waals surface area (Å²) in [7, 11) is 0. The van der Waals surface area contributed by atoms with E-state index in [4.69, 9.17) is 25.2 Å². The van der Waals surface area contributed by atoms with Gasteiger partial charge in [0, 0.05) is 45.5 Å². The molecule has 11 nitrogen and oxygen atoms in total. The van der Waals surface area contributed by atoms with E-state index in [2.05, 4.69) is 25.9 Å². The molecule has 0 radical (unpaired) electrons. The number of rotatable bonds is 6. The van der Waals surface area contributed by atoms with E-state index in [1.54, 1.807) is 11.1 Å². The fourth-order valence-electron chi connectivity index (χ4n) is 5.11. The molecule has 0 saturated carbocycles.